The molecule has 2 aromatic heterocycles. The van der Waals surface area contributed by atoms with E-state index >= 15 is 0 Å². The molecule has 5 nitrogen and oxygen atoms in total. The van der Waals surface area contributed by atoms with Crippen molar-refractivity contribution >= 4 is 38.6 Å². The monoisotopic (exact) mass is 455 g/mol. The summed E-state index contributed by atoms with van der Waals surface area (Å²) in [5, 5.41) is 5.18. The van der Waals surface area contributed by atoms with Crippen molar-refractivity contribution in [3.05, 3.63) is 86.4 Å². The van der Waals surface area contributed by atoms with E-state index in [1.807, 2.05) is 68.4 Å². The van der Waals surface area contributed by atoms with Crippen molar-refractivity contribution in [2.75, 3.05) is 0 Å². The first kappa shape index (κ1) is 19.0. The van der Waals surface area contributed by atoms with E-state index in [4.69, 9.17) is 9.51 Å². The number of thioether (sulfide) groups is 1. The Kier molecular flexibility index (Phi) is 5.37. The minimum Gasteiger partial charge on any atom is -0.360 e. The Hall–Kier alpha value is -2.38. The van der Waals surface area contributed by atoms with Gasteiger partial charge in [0.15, 0.2) is 5.16 Å². The normalized spacial score (nSPS) is 12.4. The number of aryl methyl sites for hydroxylation is 1. The minimum absolute atomic E-state index is 0.0566. The zero-order valence-electron chi connectivity index (χ0n) is 15.4. The standard InChI is InChI=1S/C21H18BrN3O2S/c1-13-10-17(27-24-13)12-28-21-23-19-9-8-16(22)11-18(19)20(26)25(21)14(2)15-6-4-3-5-7-15/h3-11,14H,12H2,1-2H3. The third-order valence-corrected chi connectivity index (χ3v) is 5.99. The average molecular weight is 456 g/mol. The largest absolute Gasteiger partial charge is 0.360 e. The summed E-state index contributed by atoms with van der Waals surface area (Å²) < 4.78 is 7.93. The van der Waals surface area contributed by atoms with Gasteiger partial charge in [0.05, 0.1) is 28.4 Å². The van der Waals surface area contributed by atoms with Gasteiger partial charge < -0.3 is 4.52 Å². The van der Waals surface area contributed by atoms with Gasteiger partial charge in [-0.05, 0) is 37.6 Å². The van der Waals surface area contributed by atoms with Crippen molar-refractivity contribution in [3.63, 3.8) is 0 Å². The van der Waals surface area contributed by atoms with Crippen LogP contribution in [0.4, 0.5) is 0 Å². The lowest BCUT2D eigenvalue weighted by Gasteiger charge is -2.20. The fourth-order valence-electron chi connectivity index (χ4n) is 3.09. The second kappa shape index (κ2) is 7.93. The lowest BCUT2D eigenvalue weighted by Crippen LogP contribution is -2.27. The maximum absolute atomic E-state index is 13.4. The minimum atomic E-state index is -0.149. The highest BCUT2D eigenvalue weighted by Crippen LogP contribution is 2.28. The molecule has 0 aliphatic heterocycles. The molecule has 0 radical (unpaired) electrons. The van der Waals surface area contributed by atoms with Crippen LogP contribution in [-0.4, -0.2) is 14.7 Å². The number of fused-ring (bicyclic) bond motifs is 1. The smallest absolute Gasteiger partial charge is 0.262 e. The fraction of sp³-hybridized carbons (Fsp3) is 0.190. The van der Waals surface area contributed by atoms with Crippen LogP contribution in [0.25, 0.3) is 10.9 Å². The molecule has 142 valence electrons. The summed E-state index contributed by atoms with van der Waals surface area (Å²) in [5.74, 6) is 1.31. The summed E-state index contributed by atoms with van der Waals surface area (Å²) in [4.78, 5) is 18.2. The number of rotatable bonds is 5. The Morgan fingerprint density at radius 1 is 1.18 bits per heavy atom. The van der Waals surface area contributed by atoms with Crippen LogP contribution in [0.2, 0.25) is 0 Å². The van der Waals surface area contributed by atoms with Crippen LogP contribution in [-0.2, 0) is 5.75 Å². The molecule has 4 aromatic rings. The van der Waals surface area contributed by atoms with Crippen molar-refractivity contribution < 1.29 is 4.52 Å². The average Bonchev–Trinajstić information content (AvgIpc) is 3.12. The van der Waals surface area contributed by atoms with Crippen LogP contribution in [0.1, 0.15) is 30.0 Å². The van der Waals surface area contributed by atoms with Gasteiger partial charge in [-0.15, -0.1) is 0 Å². The molecule has 0 saturated heterocycles. The SMILES string of the molecule is Cc1cc(CSc2nc3ccc(Br)cc3c(=O)n2C(C)c2ccccc2)on1. The summed E-state index contributed by atoms with van der Waals surface area (Å²) in [6.07, 6.45) is 0. The highest BCUT2D eigenvalue weighted by atomic mass is 79.9. The van der Waals surface area contributed by atoms with Gasteiger partial charge in [0.1, 0.15) is 5.76 Å². The van der Waals surface area contributed by atoms with Crippen LogP contribution in [0, 0.1) is 6.92 Å². The van der Waals surface area contributed by atoms with E-state index in [2.05, 4.69) is 21.1 Å². The third kappa shape index (κ3) is 3.77. The molecule has 0 fully saturated rings. The molecule has 7 heteroatoms. The number of nitrogens with zero attached hydrogens (tertiary/aromatic N) is 3. The first-order valence-corrected chi connectivity index (χ1v) is 10.6. The molecule has 0 N–H and O–H groups in total. The molecular formula is C21H18BrN3O2S. The lowest BCUT2D eigenvalue weighted by atomic mass is 10.1. The molecule has 2 heterocycles. The Labute approximate surface area is 174 Å². The predicted octanol–water partition coefficient (Wildman–Crippen LogP) is 5.36. The van der Waals surface area contributed by atoms with Gasteiger partial charge in [0.25, 0.3) is 5.56 Å². The van der Waals surface area contributed by atoms with E-state index in [-0.39, 0.29) is 11.6 Å². The van der Waals surface area contributed by atoms with Crippen molar-refractivity contribution in [2.45, 2.75) is 30.8 Å². The van der Waals surface area contributed by atoms with Crippen LogP contribution in [0.5, 0.6) is 0 Å². The highest BCUT2D eigenvalue weighted by molar-refractivity contribution is 9.10. The number of halogens is 1. The van der Waals surface area contributed by atoms with E-state index in [1.54, 1.807) is 4.57 Å². The molecule has 28 heavy (non-hydrogen) atoms. The highest BCUT2D eigenvalue weighted by Gasteiger charge is 2.19. The second-order valence-corrected chi connectivity index (χ2v) is 8.40. The van der Waals surface area contributed by atoms with Crippen LogP contribution >= 0.6 is 27.7 Å². The Bertz CT molecular complexity index is 1190. The molecule has 1 unspecified atom stereocenters. The van der Waals surface area contributed by atoms with E-state index < -0.39 is 0 Å². The van der Waals surface area contributed by atoms with E-state index in [1.165, 1.54) is 11.8 Å². The first-order valence-electron chi connectivity index (χ1n) is 8.84. The molecule has 0 saturated carbocycles. The number of hydrogen-bond acceptors (Lipinski definition) is 5. The maximum atomic E-state index is 13.4. The van der Waals surface area contributed by atoms with E-state index in [9.17, 15) is 4.79 Å². The van der Waals surface area contributed by atoms with Gasteiger partial charge in [-0.1, -0.05) is 63.2 Å². The molecule has 0 spiro atoms. The molecule has 1 atom stereocenters. The van der Waals surface area contributed by atoms with Gasteiger partial charge in [-0.25, -0.2) is 4.98 Å². The van der Waals surface area contributed by atoms with Crippen LogP contribution in [0.3, 0.4) is 0 Å². The van der Waals surface area contributed by atoms with Crippen molar-refractivity contribution in [1.29, 1.82) is 0 Å². The van der Waals surface area contributed by atoms with Crippen LogP contribution in [0.15, 0.2) is 73.5 Å². The number of benzene rings is 2. The summed E-state index contributed by atoms with van der Waals surface area (Å²) in [6.45, 7) is 3.90. The molecule has 2 aromatic carbocycles. The van der Waals surface area contributed by atoms with Crippen LogP contribution < -0.4 is 5.56 Å². The molecule has 0 aliphatic carbocycles. The Morgan fingerprint density at radius 3 is 2.68 bits per heavy atom. The van der Waals surface area contributed by atoms with Gasteiger partial charge >= 0.3 is 0 Å². The van der Waals surface area contributed by atoms with Crippen molar-refractivity contribution in [2.24, 2.45) is 0 Å². The number of hydrogen-bond donors (Lipinski definition) is 0. The van der Waals surface area contributed by atoms with Gasteiger partial charge in [0, 0.05) is 10.5 Å². The second-order valence-electron chi connectivity index (χ2n) is 6.54. The molecule has 0 bridgehead atoms. The summed E-state index contributed by atoms with van der Waals surface area (Å²) in [7, 11) is 0. The van der Waals surface area contributed by atoms with E-state index in [0.717, 1.165) is 21.5 Å². The number of aromatic nitrogens is 3. The quantitative estimate of drug-likeness (QED) is 0.299. The summed E-state index contributed by atoms with van der Waals surface area (Å²) in [6, 6.07) is 17.3. The van der Waals surface area contributed by atoms with Crippen molar-refractivity contribution in [1.82, 2.24) is 14.7 Å². The zero-order chi connectivity index (χ0) is 19.7. The lowest BCUT2D eigenvalue weighted by molar-refractivity contribution is 0.390. The summed E-state index contributed by atoms with van der Waals surface area (Å²) >= 11 is 4.93. The molecule has 0 aliphatic rings. The molecular weight excluding hydrogens is 438 g/mol. The van der Waals surface area contributed by atoms with Gasteiger partial charge in [-0.2, -0.15) is 0 Å². The molecule has 0 amide bonds. The third-order valence-electron chi connectivity index (χ3n) is 4.52. The first-order chi connectivity index (χ1) is 13.5. The maximum Gasteiger partial charge on any atom is 0.262 e. The topological polar surface area (TPSA) is 60.9 Å². The van der Waals surface area contributed by atoms with Crippen molar-refractivity contribution in [3.8, 4) is 0 Å². The Morgan fingerprint density at radius 2 is 1.96 bits per heavy atom. The predicted molar refractivity (Wildman–Crippen MR) is 115 cm³/mol. The van der Waals surface area contributed by atoms with Gasteiger partial charge in [0.2, 0.25) is 0 Å². The zero-order valence-corrected chi connectivity index (χ0v) is 17.8. The Balaban J connectivity index is 1.83. The van der Waals surface area contributed by atoms with Gasteiger partial charge in [-0.3, -0.25) is 9.36 Å². The van der Waals surface area contributed by atoms with E-state index in [0.29, 0.717) is 21.8 Å². The fourth-order valence-corrected chi connectivity index (χ4v) is 4.41. The summed E-state index contributed by atoms with van der Waals surface area (Å²) in [5.41, 5.74) is 2.51. The molecule has 4 rings (SSSR count).